The van der Waals surface area contributed by atoms with Gasteiger partial charge in [-0.15, -0.1) is 5.10 Å². The van der Waals surface area contributed by atoms with E-state index < -0.39 is 0 Å². The molecule has 8 heteroatoms. The second kappa shape index (κ2) is 7.12. The van der Waals surface area contributed by atoms with Crippen LogP contribution in [0.15, 0.2) is 71.6 Å². The third-order valence-corrected chi connectivity index (χ3v) is 5.58. The summed E-state index contributed by atoms with van der Waals surface area (Å²) in [6, 6.07) is 16.6. The number of rotatable bonds is 4. The quantitative estimate of drug-likeness (QED) is 0.449. The Balaban J connectivity index is 1.48. The fourth-order valence-electron chi connectivity index (χ4n) is 4.10. The van der Waals surface area contributed by atoms with E-state index in [2.05, 4.69) is 10.1 Å². The van der Waals surface area contributed by atoms with E-state index in [0.717, 1.165) is 28.2 Å². The number of fused-ring (bicyclic) bond motifs is 4. The molecule has 0 aliphatic carbocycles. The van der Waals surface area contributed by atoms with Crippen LogP contribution in [0.5, 0.6) is 23.1 Å². The minimum Gasteiger partial charge on any atom is -0.508 e. The minimum atomic E-state index is -0.293. The lowest BCUT2D eigenvalue weighted by molar-refractivity contribution is 0.409. The van der Waals surface area contributed by atoms with Crippen LogP contribution >= 0.6 is 0 Å². The van der Waals surface area contributed by atoms with Gasteiger partial charge in [0, 0.05) is 18.1 Å². The summed E-state index contributed by atoms with van der Waals surface area (Å²) in [6.45, 7) is 0. The number of nitrogens with zero attached hydrogens (tertiary/aromatic N) is 4. The third-order valence-electron chi connectivity index (χ3n) is 5.58. The molecular weight excluding hydrogens is 408 g/mol. The molecule has 32 heavy (non-hydrogen) atoms. The van der Waals surface area contributed by atoms with E-state index in [1.807, 2.05) is 42.5 Å². The van der Waals surface area contributed by atoms with Crippen molar-refractivity contribution in [1.82, 2.24) is 19.6 Å². The van der Waals surface area contributed by atoms with Crippen molar-refractivity contribution in [2.24, 2.45) is 0 Å². The van der Waals surface area contributed by atoms with Crippen LogP contribution in [0.4, 0.5) is 0 Å². The van der Waals surface area contributed by atoms with Crippen molar-refractivity contribution >= 4 is 5.65 Å². The first-order chi connectivity index (χ1) is 15.7. The number of methoxy groups -OCH3 is 1. The highest BCUT2D eigenvalue weighted by Gasteiger charge is 2.35. The lowest BCUT2D eigenvalue weighted by atomic mass is 9.87. The molecule has 3 aromatic heterocycles. The van der Waals surface area contributed by atoms with Crippen LogP contribution in [0.25, 0.3) is 5.65 Å². The second-order valence-corrected chi connectivity index (χ2v) is 7.56. The Morgan fingerprint density at radius 1 is 1.12 bits per heavy atom. The number of aromatic nitrogens is 4. The molecule has 0 fully saturated rings. The van der Waals surface area contributed by atoms with Gasteiger partial charge < -0.3 is 19.0 Å². The summed E-state index contributed by atoms with van der Waals surface area (Å²) >= 11 is 0. The molecule has 8 nitrogen and oxygen atoms in total. The summed E-state index contributed by atoms with van der Waals surface area (Å²) in [6.07, 6.45) is 3.79. The molecule has 1 aliphatic heterocycles. The highest BCUT2D eigenvalue weighted by molar-refractivity contribution is 5.65. The number of phenols is 1. The van der Waals surface area contributed by atoms with Crippen LogP contribution < -0.4 is 9.47 Å². The summed E-state index contributed by atoms with van der Waals surface area (Å²) in [7, 11) is 1.64. The Morgan fingerprint density at radius 3 is 2.78 bits per heavy atom. The first-order valence-electron chi connectivity index (χ1n) is 10.1. The van der Waals surface area contributed by atoms with Crippen molar-refractivity contribution in [2.75, 3.05) is 7.11 Å². The van der Waals surface area contributed by atoms with E-state index in [1.165, 1.54) is 0 Å². The van der Waals surface area contributed by atoms with Gasteiger partial charge in [-0.25, -0.2) is 14.5 Å². The standard InChI is InChI=1S/C24H18N4O4/c1-30-16-7-4-14(5-8-16)11-20-26-23-22-21(18-3-2-10-31-18)17-9-6-15(29)12-19(17)32-24(22)25-13-28(23)27-20/h2-10,12-13,21,29H,11H2,1H3. The average molecular weight is 426 g/mol. The Kier molecular flexibility index (Phi) is 4.10. The van der Waals surface area contributed by atoms with Crippen LogP contribution in [0.2, 0.25) is 0 Å². The number of aromatic hydroxyl groups is 1. The van der Waals surface area contributed by atoms with Crippen LogP contribution in [0.3, 0.4) is 0 Å². The molecule has 5 aromatic rings. The fourth-order valence-corrected chi connectivity index (χ4v) is 4.10. The van der Waals surface area contributed by atoms with Crippen LogP contribution in [-0.2, 0) is 6.42 Å². The molecule has 4 heterocycles. The molecule has 0 bridgehead atoms. The SMILES string of the molecule is COc1ccc(Cc2nc3c4c(ncn3n2)Oc2cc(O)ccc2C4c2ccco2)cc1. The molecule has 1 atom stereocenters. The Labute approximate surface area is 182 Å². The number of furan rings is 1. The maximum atomic E-state index is 9.94. The van der Waals surface area contributed by atoms with E-state index in [-0.39, 0.29) is 11.7 Å². The van der Waals surface area contributed by atoms with Crippen LogP contribution in [-0.4, -0.2) is 31.8 Å². The molecule has 0 spiro atoms. The summed E-state index contributed by atoms with van der Waals surface area (Å²) in [5.41, 5.74) is 3.36. The van der Waals surface area contributed by atoms with Gasteiger partial charge in [-0.3, -0.25) is 0 Å². The Bertz CT molecular complexity index is 1420. The normalized spacial score (nSPS) is 14.6. The van der Waals surface area contributed by atoms with E-state index in [4.69, 9.17) is 18.9 Å². The van der Waals surface area contributed by atoms with Crippen molar-refractivity contribution in [1.29, 1.82) is 0 Å². The Hall–Kier alpha value is -4.33. The smallest absolute Gasteiger partial charge is 0.228 e. The molecule has 0 saturated carbocycles. The van der Waals surface area contributed by atoms with Crippen molar-refractivity contribution < 1.29 is 19.0 Å². The van der Waals surface area contributed by atoms with Crippen molar-refractivity contribution in [3.63, 3.8) is 0 Å². The molecule has 6 rings (SSSR count). The van der Waals surface area contributed by atoms with Crippen molar-refractivity contribution in [2.45, 2.75) is 12.3 Å². The third kappa shape index (κ3) is 2.96. The van der Waals surface area contributed by atoms with Gasteiger partial charge in [-0.2, -0.15) is 0 Å². The van der Waals surface area contributed by atoms with Gasteiger partial charge in [0.15, 0.2) is 11.5 Å². The minimum absolute atomic E-state index is 0.121. The van der Waals surface area contributed by atoms with E-state index >= 15 is 0 Å². The molecule has 1 N–H and O–H groups in total. The number of benzene rings is 2. The molecular formula is C24H18N4O4. The lowest BCUT2D eigenvalue weighted by Gasteiger charge is -2.26. The predicted molar refractivity (Wildman–Crippen MR) is 114 cm³/mol. The number of hydrogen-bond donors (Lipinski definition) is 1. The molecule has 0 radical (unpaired) electrons. The Morgan fingerprint density at radius 2 is 2.00 bits per heavy atom. The zero-order valence-electron chi connectivity index (χ0n) is 17.1. The maximum absolute atomic E-state index is 9.94. The summed E-state index contributed by atoms with van der Waals surface area (Å²) < 4.78 is 18.7. The van der Waals surface area contributed by atoms with Gasteiger partial charge in [0.25, 0.3) is 0 Å². The lowest BCUT2D eigenvalue weighted by Crippen LogP contribution is -2.14. The van der Waals surface area contributed by atoms with Gasteiger partial charge in [-0.05, 0) is 35.9 Å². The fraction of sp³-hybridized carbons (Fsp3) is 0.125. The van der Waals surface area contributed by atoms with E-state index in [9.17, 15) is 5.11 Å². The van der Waals surface area contributed by atoms with Gasteiger partial charge in [0.2, 0.25) is 5.88 Å². The van der Waals surface area contributed by atoms with Crippen molar-refractivity contribution in [3.8, 4) is 23.1 Å². The first-order valence-corrected chi connectivity index (χ1v) is 10.1. The predicted octanol–water partition coefficient (Wildman–Crippen LogP) is 4.31. The molecule has 0 saturated heterocycles. The van der Waals surface area contributed by atoms with Gasteiger partial charge >= 0.3 is 0 Å². The topological polar surface area (TPSA) is 94.9 Å². The molecule has 0 amide bonds. The van der Waals surface area contributed by atoms with E-state index in [0.29, 0.717) is 29.5 Å². The highest BCUT2D eigenvalue weighted by Crippen LogP contribution is 2.48. The highest BCUT2D eigenvalue weighted by atomic mass is 16.5. The van der Waals surface area contributed by atoms with Gasteiger partial charge in [0.05, 0.1) is 24.9 Å². The number of ether oxygens (including phenoxy) is 2. The monoisotopic (exact) mass is 426 g/mol. The molecule has 1 unspecified atom stereocenters. The average Bonchev–Trinajstić information content (AvgIpc) is 3.47. The van der Waals surface area contributed by atoms with Gasteiger partial charge in [-0.1, -0.05) is 18.2 Å². The maximum Gasteiger partial charge on any atom is 0.228 e. The number of phenolic OH excluding ortho intramolecular Hbond substituents is 1. The number of hydrogen-bond acceptors (Lipinski definition) is 7. The second-order valence-electron chi connectivity index (χ2n) is 7.56. The molecule has 158 valence electrons. The van der Waals surface area contributed by atoms with E-state index in [1.54, 1.807) is 36.3 Å². The van der Waals surface area contributed by atoms with Crippen molar-refractivity contribution in [3.05, 3.63) is 95.5 Å². The first kappa shape index (κ1) is 18.4. The largest absolute Gasteiger partial charge is 0.508 e. The van der Waals surface area contributed by atoms with Crippen LogP contribution in [0, 0.1) is 0 Å². The zero-order valence-corrected chi connectivity index (χ0v) is 17.1. The summed E-state index contributed by atoms with van der Waals surface area (Å²) in [5.74, 6) is 2.98. The zero-order chi connectivity index (χ0) is 21.7. The van der Waals surface area contributed by atoms with Gasteiger partial charge in [0.1, 0.15) is 29.3 Å². The summed E-state index contributed by atoms with van der Waals surface area (Å²) in [4.78, 5) is 9.30. The summed E-state index contributed by atoms with van der Waals surface area (Å²) in [5, 5.41) is 14.6. The molecule has 2 aromatic carbocycles. The molecule has 1 aliphatic rings. The van der Waals surface area contributed by atoms with Crippen LogP contribution in [0.1, 0.15) is 34.2 Å².